The second kappa shape index (κ2) is 11.1. The number of carbonyl (C=O) groups excluding carboxylic acids is 1. The average molecular weight is 192 g/mol. The maximum atomic E-state index is 10.3. The predicted molar refractivity (Wildman–Crippen MR) is 52.4 cm³/mol. The molecule has 1 unspecified atom stereocenters. The molecular weight excluding hydrogens is 172 g/mol. The first-order valence-corrected chi connectivity index (χ1v) is 3.63. The van der Waals surface area contributed by atoms with Crippen molar-refractivity contribution in [2.45, 2.75) is 33.7 Å². The van der Waals surface area contributed by atoms with Crippen LogP contribution in [0.25, 0.3) is 0 Å². The Labute approximate surface area is 79.1 Å². The van der Waals surface area contributed by atoms with Gasteiger partial charge in [0, 0.05) is 0 Å². The Bertz CT molecular complexity index is 148. The number of aliphatic carboxylic acids is 1. The largest absolute Gasteiger partial charge is 0.481 e. The van der Waals surface area contributed by atoms with Crippen LogP contribution in [0.1, 0.15) is 27.7 Å². The van der Waals surface area contributed by atoms with Crippen molar-refractivity contribution >= 4 is 11.8 Å². The third-order valence-corrected chi connectivity index (χ3v) is 0.917. The van der Waals surface area contributed by atoms with Gasteiger partial charge in [0.1, 0.15) is 5.78 Å². The molecule has 0 radical (unpaired) electrons. The second-order valence-electron chi connectivity index (χ2n) is 2.22. The first-order chi connectivity index (χ1) is 5.45. The molecule has 0 saturated carbocycles. The zero-order chi connectivity index (χ0) is 10.1. The molecule has 0 bridgehead atoms. The molecule has 0 saturated heterocycles. The molecule has 1 atom stereocenters. The molecular formula is C8H20N2O3. The van der Waals surface area contributed by atoms with Gasteiger partial charge in [-0.25, -0.2) is 0 Å². The highest BCUT2D eigenvalue weighted by atomic mass is 16.4. The van der Waals surface area contributed by atoms with E-state index in [0.29, 0.717) is 0 Å². The van der Waals surface area contributed by atoms with Gasteiger partial charge in [-0.15, -0.1) is 0 Å². The van der Waals surface area contributed by atoms with E-state index in [1.807, 2.05) is 6.92 Å². The molecule has 0 heterocycles. The van der Waals surface area contributed by atoms with E-state index in [1.165, 1.54) is 6.92 Å². The molecule has 0 aliphatic heterocycles. The third kappa shape index (κ3) is 18.2. The number of ketones is 1. The molecule has 0 amide bonds. The molecule has 13 heavy (non-hydrogen) atoms. The molecule has 5 heteroatoms. The van der Waals surface area contributed by atoms with Crippen LogP contribution in [0.5, 0.6) is 0 Å². The van der Waals surface area contributed by atoms with E-state index >= 15 is 0 Å². The SMILES string of the molecule is C.CC(=O)C(N)CC(=O)O.CCN. The van der Waals surface area contributed by atoms with Crippen molar-refractivity contribution in [1.29, 1.82) is 0 Å². The van der Waals surface area contributed by atoms with Crippen LogP contribution < -0.4 is 11.5 Å². The molecule has 0 aromatic heterocycles. The number of nitrogens with two attached hydrogens (primary N) is 2. The number of carboxylic acid groups (broad SMARTS) is 1. The molecule has 5 nitrogen and oxygen atoms in total. The van der Waals surface area contributed by atoms with Crippen LogP contribution in [0, 0.1) is 0 Å². The lowest BCUT2D eigenvalue weighted by Crippen LogP contribution is -2.30. The first-order valence-electron chi connectivity index (χ1n) is 3.63. The van der Waals surface area contributed by atoms with E-state index < -0.39 is 12.0 Å². The van der Waals surface area contributed by atoms with Gasteiger partial charge in [0.25, 0.3) is 0 Å². The summed E-state index contributed by atoms with van der Waals surface area (Å²) in [4.78, 5) is 20.2. The van der Waals surface area contributed by atoms with Gasteiger partial charge in [0.05, 0.1) is 12.5 Å². The van der Waals surface area contributed by atoms with Crippen molar-refractivity contribution in [1.82, 2.24) is 0 Å². The minimum absolute atomic E-state index is 0. The first kappa shape index (κ1) is 18.0. The lowest BCUT2D eigenvalue weighted by Gasteiger charge is -2.00. The fraction of sp³-hybridized carbons (Fsp3) is 0.750. The van der Waals surface area contributed by atoms with Crippen molar-refractivity contribution < 1.29 is 14.7 Å². The summed E-state index contributed by atoms with van der Waals surface area (Å²) in [6, 6.07) is -0.845. The highest BCUT2D eigenvalue weighted by molar-refractivity contribution is 5.85. The fourth-order valence-electron chi connectivity index (χ4n) is 0.332. The van der Waals surface area contributed by atoms with Crippen molar-refractivity contribution in [3.05, 3.63) is 0 Å². The van der Waals surface area contributed by atoms with E-state index in [9.17, 15) is 9.59 Å². The summed E-state index contributed by atoms with van der Waals surface area (Å²) in [6.07, 6.45) is -0.282. The van der Waals surface area contributed by atoms with Gasteiger partial charge in [-0.2, -0.15) is 0 Å². The summed E-state index contributed by atoms with van der Waals surface area (Å²) in [5.41, 5.74) is 9.93. The third-order valence-electron chi connectivity index (χ3n) is 0.917. The second-order valence-corrected chi connectivity index (χ2v) is 2.22. The highest BCUT2D eigenvalue weighted by Crippen LogP contribution is 1.87. The lowest BCUT2D eigenvalue weighted by atomic mass is 10.1. The normalized spacial score (nSPS) is 10.2. The summed E-state index contributed by atoms with van der Waals surface area (Å²) < 4.78 is 0. The van der Waals surface area contributed by atoms with E-state index in [2.05, 4.69) is 0 Å². The molecule has 0 aliphatic rings. The van der Waals surface area contributed by atoms with E-state index in [4.69, 9.17) is 16.6 Å². The zero-order valence-electron chi connectivity index (χ0n) is 7.41. The highest BCUT2D eigenvalue weighted by Gasteiger charge is 2.11. The summed E-state index contributed by atoms with van der Waals surface area (Å²) in [5.74, 6) is -1.34. The fourth-order valence-corrected chi connectivity index (χ4v) is 0.332. The van der Waals surface area contributed by atoms with Crippen LogP contribution in [-0.2, 0) is 9.59 Å². The monoisotopic (exact) mass is 192 g/mol. The van der Waals surface area contributed by atoms with Gasteiger partial charge in [-0.1, -0.05) is 14.4 Å². The van der Waals surface area contributed by atoms with Crippen molar-refractivity contribution in [3.8, 4) is 0 Å². The molecule has 0 aliphatic carbocycles. The Morgan fingerprint density at radius 1 is 1.46 bits per heavy atom. The smallest absolute Gasteiger partial charge is 0.305 e. The maximum Gasteiger partial charge on any atom is 0.305 e. The number of carboxylic acids is 1. The van der Waals surface area contributed by atoms with Gasteiger partial charge >= 0.3 is 5.97 Å². The number of Topliss-reactive ketones (excluding diaryl/α,β-unsaturated/α-hetero) is 1. The van der Waals surface area contributed by atoms with Crippen LogP contribution in [0.15, 0.2) is 0 Å². The average Bonchev–Trinajstić information content (AvgIpc) is 1.87. The molecule has 5 N–H and O–H groups in total. The number of rotatable bonds is 3. The van der Waals surface area contributed by atoms with E-state index in [0.717, 1.165) is 6.54 Å². The van der Waals surface area contributed by atoms with Crippen LogP contribution in [0.3, 0.4) is 0 Å². The Hall–Kier alpha value is -0.940. The van der Waals surface area contributed by atoms with Gasteiger partial charge in [-0.05, 0) is 13.5 Å². The van der Waals surface area contributed by atoms with Gasteiger partial charge < -0.3 is 16.6 Å². The molecule has 0 aromatic carbocycles. The minimum atomic E-state index is -1.04. The number of carbonyl (C=O) groups is 2. The quantitative estimate of drug-likeness (QED) is 0.582. The standard InChI is InChI=1S/C5H9NO3.C2H7N.CH4/c1-3(7)4(6)2-5(8)9;1-2-3;/h4H,2,6H2,1H3,(H,8,9);2-3H2,1H3;1H4. The van der Waals surface area contributed by atoms with Crippen LogP contribution in [0.4, 0.5) is 0 Å². The van der Waals surface area contributed by atoms with Gasteiger partial charge in [0.2, 0.25) is 0 Å². The van der Waals surface area contributed by atoms with Crippen LogP contribution in [0.2, 0.25) is 0 Å². The number of hydrogen-bond donors (Lipinski definition) is 3. The van der Waals surface area contributed by atoms with Gasteiger partial charge in [0.15, 0.2) is 0 Å². The Morgan fingerprint density at radius 2 is 1.77 bits per heavy atom. The molecule has 80 valence electrons. The lowest BCUT2D eigenvalue weighted by molar-refractivity contribution is -0.138. The molecule has 0 rings (SSSR count). The Balaban J connectivity index is -0.000000220. The minimum Gasteiger partial charge on any atom is -0.481 e. The predicted octanol–water partition coefficient (Wildman–Crippen LogP) is -0.0215. The van der Waals surface area contributed by atoms with Crippen molar-refractivity contribution in [2.75, 3.05) is 6.54 Å². The van der Waals surface area contributed by atoms with E-state index in [-0.39, 0.29) is 19.6 Å². The summed E-state index contributed by atoms with van der Waals surface area (Å²) in [7, 11) is 0. The van der Waals surface area contributed by atoms with Crippen LogP contribution >= 0.6 is 0 Å². The maximum absolute atomic E-state index is 10.3. The summed E-state index contributed by atoms with van der Waals surface area (Å²) in [5, 5.41) is 8.10. The van der Waals surface area contributed by atoms with Crippen LogP contribution in [-0.4, -0.2) is 29.4 Å². The van der Waals surface area contributed by atoms with Crippen molar-refractivity contribution in [2.24, 2.45) is 11.5 Å². The Morgan fingerprint density at radius 3 is 1.85 bits per heavy atom. The molecule has 0 spiro atoms. The van der Waals surface area contributed by atoms with E-state index in [1.54, 1.807) is 0 Å². The van der Waals surface area contributed by atoms with Gasteiger partial charge in [-0.3, -0.25) is 9.59 Å². The zero-order valence-corrected chi connectivity index (χ0v) is 7.41. The number of hydrogen-bond acceptors (Lipinski definition) is 4. The molecule has 0 fully saturated rings. The summed E-state index contributed by atoms with van der Waals surface area (Å²) >= 11 is 0. The summed E-state index contributed by atoms with van der Waals surface area (Å²) in [6.45, 7) is 3.92. The van der Waals surface area contributed by atoms with Crippen molar-refractivity contribution in [3.63, 3.8) is 0 Å². The topological polar surface area (TPSA) is 106 Å². The molecule has 0 aromatic rings. The Kier molecular flexibility index (Phi) is 15.3.